The van der Waals surface area contributed by atoms with Crippen molar-refractivity contribution in [1.29, 1.82) is 5.26 Å². The van der Waals surface area contributed by atoms with E-state index in [1.165, 1.54) is 0 Å². The third kappa shape index (κ3) is 3.94. The molecule has 2 N–H and O–H groups in total. The number of nitriles is 1. The number of nitrogens with zero attached hydrogens (tertiary/aromatic N) is 1. The Labute approximate surface area is 153 Å². The number of aliphatic hydroxyl groups is 1. The maximum Gasteiger partial charge on any atom is 0.306 e. The van der Waals surface area contributed by atoms with E-state index in [1.807, 2.05) is 18.2 Å². The molecule has 0 radical (unpaired) electrons. The van der Waals surface area contributed by atoms with Crippen LogP contribution in [-0.4, -0.2) is 35.5 Å². The minimum atomic E-state index is -0.817. The molecule has 0 heterocycles. The fraction of sp³-hybridized carbons (Fsp3) is 0.600. The van der Waals surface area contributed by atoms with Gasteiger partial charge >= 0.3 is 5.97 Å². The molecule has 0 bridgehead atoms. The van der Waals surface area contributed by atoms with Crippen LogP contribution in [-0.2, 0) is 4.79 Å². The third-order valence-electron chi connectivity index (χ3n) is 5.63. The standard InChI is InChI=1S/C20H25NO5/c1-25-18-7-3-12(9-19(18)26-16-5-4-15(22)10-16)17-6-2-13(20(23)24)8-14(17)11-21/h3,7,9,13-17,22H,2,4-6,8,10H2,1H3,(H,23,24)/t13-,14+,15-,16-,17?/m0/s1. The van der Waals surface area contributed by atoms with Crippen LogP contribution in [0.4, 0.5) is 0 Å². The molecule has 0 aliphatic heterocycles. The van der Waals surface area contributed by atoms with Crippen LogP contribution in [0.1, 0.15) is 50.0 Å². The maximum atomic E-state index is 11.3. The fourth-order valence-corrected chi connectivity index (χ4v) is 4.16. The lowest BCUT2D eigenvalue weighted by Crippen LogP contribution is -2.27. The fourth-order valence-electron chi connectivity index (χ4n) is 4.16. The quantitative estimate of drug-likeness (QED) is 0.838. The summed E-state index contributed by atoms with van der Waals surface area (Å²) in [6, 6.07) is 7.99. The summed E-state index contributed by atoms with van der Waals surface area (Å²) < 4.78 is 11.5. The zero-order valence-corrected chi connectivity index (χ0v) is 14.9. The number of hydrogen-bond donors (Lipinski definition) is 2. The summed E-state index contributed by atoms with van der Waals surface area (Å²) >= 11 is 0. The molecule has 26 heavy (non-hydrogen) atoms. The van der Waals surface area contributed by atoms with Crippen molar-refractivity contribution in [2.45, 2.75) is 56.7 Å². The van der Waals surface area contributed by atoms with Crippen LogP contribution >= 0.6 is 0 Å². The summed E-state index contributed by atoms with van der Waals surface area (Å²) in [5, 5.41) is 28.5. The van der Waals surface area contributed by atoms with Gasteiger partial charge in [-0.25, -0.2) is 0 Å². The topological polar surface area (TPSA) is 99.8 Å². The van der Waals surface area contributed by atoms with E-state index >= 15 is 0 Å². The first-order chi connectivity index (χ1) is 12.5. The molecule has 140 valence electrons. The first kappa shape index (κ1) is 18.5. The third-order valence-corrected chi connectivity index (χ3v) is 5.63. The highest BCUT2D eigenvalue weighted by Crippen LogP contribution is 2.43. The van der Waals surface area contributed by atoms with Crippen LogP contribution in [0.3, 0.4) is 0 Å². The number of aliphatic carboxylic acids is 1. The molecule has 5 atom stereocenters. The Balaban J connectivity index is 1.80. The minimum Gasteiger partial charge on any atom is -0.493 e. The number of carbonyl (C=O) groups is 1. The molecule has 0 aromatic heterocycles. The van der Waals surface area contributed by atoms with E-state index in [4.69, 9.17) is 9.47 Å². The van der Waals surface area contributed by atoms with Crippen molar-refractivity contribution in [3.05, 3.63) is 23.8 Å². The van der Waals surface area contributed by atoms with E-state index < -0.39 is 11.9 Å². The molecule has 1 aromatic rings. The van der Waals surface area contributed by atoms with Crippen LogP contribution in [0.25, 0.3) is 0 Å². The van der Waals surface area contributed by atoms with Crippen LogP contribution in [0, 0.1) is 23.2 Å². The molecule has 2 fully saturated rings. The average molecular weight is 359 g/mol. The average Bonchev–Trinajstić information content (AvgIpc) is 3.05. The summed E-state index contributed by atoms with van der Waals surface area (Å²) in [5.74, 6) is -0.325. The van der Waals surface area contributed by atoms with Gasteiger partial charge < -0.3 is 19.7 Å². The van der Waals surface area contributed by atoms with Crippen LogP contribution in [0.5, 0.6) is 11.5 Å². The number of carboxylic acids is 1. The van der Waals surface area contributed by atoms with Gasteiger partial charge in [0.2, 0.25) is 0 Å². The largest absolute Gasteiger partial charge is 0.493 e. The molecule has 0 amide bonds. The van der Waals surface area contributed by atoms with Crippen LogP contribution in [0.2, 0.25) is 0 Å². The molecule has 3 rings (SSSR count). The smallest absolute Gasteiger partial charge is 0.306 e. The number of carboxylic acid groups (broad SMARTS) is 1. The van der Waals surface area contributed by atoms with Crippen molar-refractivity contribution in [3.8, 4) is 17.6 Å². The summed E-state index contributed by atoms with van der Waals surface area (Å²) in [6.07, 6.45) is 3.43. The second kappa shape index (κ2) is 7.96. The Morgan fingerprint density at radius 2 is 2.00 bits per heavy atom. The second-order valence-corrected chi connectivity index (χ2v) is 7.31. The van der Waals surface area contributed by atoms with Crippen molar-refractivity contribution in [3.63, 3.8) is 0 Å². The number of rotatable bonds is 5. The first-order valence-electron chi connectivity index (χ1n) is 9.17. The Hall–Kier alpha value is -2.26. The van der Waals surface area contributed by atoms with E-state index in [9.17, 15) is 20.3 Å². The highest BCUT2D eigenvalue weighted by Gasteiger charge is 2.35. The molecule has 0 saturated heterocycles. The van der Waals surface area contributed by atoms with Gasteiger partial charge in [-0.05, 0) is 55.7 Å². The Morgan fingerprint density at radius 3 is 2.62 bits per heavy atom. The van der Waals surface area contributed by atoms with Gasteiger partial charge in [0.15, 0.2) is 11.5 Å². The lowest BCUT2D eigenvalue weighted by atomic mass is 9.72. The van der Waals surface area contributed by atoms with Crippen molar-refractivity contribution in [2.75, 3.05) is 7.11 Å². The highest BCUT2D eigenvalue weighted by molar-refractivity contribution is 5.70. The number of hydrogen-bond acceptors (Lipinski definition) is 5. The zero-order valence-electron chi connectivity index (χ0n) is 14.9. The second-order valence-electron chi connectivity index (χ2n) is 7.31. The van der Waals surface area contributed by atoms with E-state index in [0.717, 1.165) is 18.4 Å². The summed E-state index contributed by atoms with van der Waals surface area (Å²) in [4.78, 5) is 11.3. The predicted molar refractivity (Wildman–Crippen MR) is 94.1 cm³/mol. The summed E-state index contributed by atoms with van der Waals surface area (Å²) in [6.45, 7) is 0. The SMILES string of the molecule is COc1ccc(C2CC[C@H](C(=O)O)C[C@@H]2C#N)cc1O[C@H]1CC[C@H](O)C1. The molecule has 6 heteroatoms. The van der Waals surface area contributed by atoms with Gasteiger partial charge in [0, 0.05) is 6.42 Å². The van der Waals surface area contributed by atoms with E-state index in [0.29, 0.717) is 37.2 Å². The van der Waals surface area contributed by atoms with Crippen molar-refractivity contribution in [1.82, 2.24) is 0 Å². The highest BCUT2D eigenvalue weighted by atomic mass is 16.5. The van der Waals surface area contributed by atoms with Crippen molar-refractivity contribution < 1.29 is 24.5 Å². The molecule has 2 saturated carbocycles. The molecule has 1 unspecified atom stereocenters. The number of methoxy groups -OCH3 is 1. The van der Waals surface area contributed by atoms with Gasteiger partial charge in [-0.1, -0.05) is 6.07 Å². The van der Waals surface area contributed by atoms with Crippen molar-refractivity contribution in [2.24, 2.45) is 11.8 Å². The number of ether oxygens (including phenoxy) is 2. The molecule has 0 spiro atoms. The minimum absolute atomic E-state index is 0.00183. The molecule has 1 aromatic carbocycles. The van der Waals surface area contributed by atoms with Gasteiger partial charge in [0.25, 0.3) is 0 Å². The van der Waals surface area contributed by atoms with E-state index in [1.54, 1.807) is 7.11 Å². The Bertz CT molecular complexity index is 698. The van der Waals surface area contributed by atoms with Crippen LogP contribution < -0.4 is 9.47 Å². The molecule has 2 aliphatic carbocycles. The zero-order chi connectivity index (χ0) is 18.7. The monoisotopic (exact) mass is 359 g/mol. The van der Waals surface area contributed by atoms with Gasteiger partial charge in [0.05, 0.1) is 31.1 Å². The molecule has 2 aliphatic rings. The molecule has 6 nitrogen and oxygen atoms in total. The summed E-state index contributed by atoms with van der Waals surface area (Å²) in [7, 11) is 1.58. The number of aliphatic hydroxyl groups excluding tert-OH is 1. The van der Waals surface area contributed by atoms with E-state index in [-0.39, 0.29) is 24.0 Å². The molecular formula is C20H25NO5. The lowest BCUT2D eigenvalue weighted by Gasteiger charge is -2.31. The summed E-state index contributed by atoms with van der Waals surface area (Å²) in [5.41, 5.74) is 0.981. The predicted octanol–water partition coefficient (Wildman–Crippen LogP) is 3.10. The first-order valence-corrected chi connectivity index (χ1v) is 9.17. The Morgan fingerprint density at radius 1 is 1.19 bits per heavy atom. The van der Waals surface area contributed by atoms with E-state index in [2.05, 4.69) is 6.07 Å². The van der Waals surface area contributed by atoms with Gasteiger partial charge in [-0.3, -0.25) is 4.79 Å². The van der Waals surface area contributed by atoms with Crippen molar-refractivity contribution >= 4 is 5.97 Å². The maximum absolute atomic E-state index is 11.3. The van der Waals surface area contributed by atoms with Gasteiger partial charge in [0.1, 0.15) is 6.10 Å². The van der Waals surface area contributed by atoms with Gasteiger partial charge in [-0.15, -0.1) is 0 Å². The van der Waals surface area contributed by atoms with Crippen LogP contribution in [0.15, 0.2) is 18.2 Å². The van der Waals surface area contributed by atoms with Gasteiger partial charge in [-0.2, -0.15) is 5.26 Å². The lowest BCUT2D eigenvalue weighted by molar-refractivity contribution is -0.143. The Kier molecular flexibility index (Phi) is 5.67. The molecular weight excluding hydrogens is 334 g/mol. The number of benzene rings is 1. The normalized spacial score (nSPS) is 31.2.